The van der Waals surface area contributed by atoms with Crippen molar-refractivity contribution in [3.05, 3.63) is 16.1 Å². The molecular formula is C7H11N3OS. The average molecular weight is 185 g/mol. The summed E-state index contributed by atoms with van der Waals surface area (Å²) in [7, 11) is 1.65. The van der Waals surface area contributed by atoms with Crippen LogP contribution < -0.4 is 5.73 Å². The number of thiazole rings is 1. The Hall–Kier alpha value is -1.10. The molecule has 0 atom stereocenters. The topological polar surface area (TPSA) is 59.2 Å². The van der Waals surface area contributed by atoms with E-state index in [2.05, 4.69) is 4.98 Å². The Morgan fingerprint density at radius 2 is 2.50 bits per heavy atom. The first-order chi connectivity index (χ1) is 5.59. The minimum atomic E-state index is -0.430. The highest BCUT2D eigenvalue weighted by molar-refractivity contribution is 7.09. The molecule has 0 aromatic carbocycles. The highest BCUT2D eigenvalue weighted by atomic mass is 32.1. The number of aryl methyl sites for hydroxylation is 1. The zero-order valence-corrected chi connectivity index (χ0v) is 7.89. The zero-order chi connectivity index (χ0) is 9.14. The zero-order valence-electron chi connectivity index (χ0n) is 7.07. The van der Waals surface area contributed by atoms with Gasteiger partial charge in [-0.05, 0) is 6.92 Å². The molecular weight excluding hydrogens is 174 g/mol. The Morgan fingerprint density at radius 3 is 2.92 bits per heavy atom. The van der Waals surface area contributed by atoms with E-state index in [1.807, 2.05) is 12.3 Å². The Morgan fingerprint density at radius 1 is 1.83 bits per heavy atom. The molecule has 0 aliphatic carbocycles. The van der Waals surface area contributed by atoms with Crippen LogP contribution in [0, 0.1) is 6.92 Å². The van der Waals surface area contributed by atoms with Gasteiger partial charge in [-0.15, -0.1) is 11.3 Å². The summed E-state index contributed by atoms with van der Waals surface area (Å²) < 4.78 is 0. The second-order valence-corrected chi connectivity index (χ2v) is 3.61. The molecule has 0 bridgehead atoms. The molecule has 0 fully saturated rings. The molecule has 2 N–H and O–H groups in total. The van der Waals surface area contributed by atoms with E-state index in [1.54, 1.807) is 18.4 Å². The van der Waals surface area contributed by atoms with Gasteiger partial charge in [0.05, 0.1) is 17.2 Å². The molecule has 1 rings (SSSR count). The van der Waals surface area contributed by atoms with Gasteiger partial charge in [-0.25, -0.2) is 9.78 Å². The summed E-state index contributed by atoms with van der Waals surface area (Å²) >= 11 is 1.57. The second kappa shape index (κ2) is 3.53. The van der Waals surface area contributed by atoms with Crippen LogP contribution in [-0.4, -0.2) is 23.0 Å². The van der Waals surface area contributed by atoms with Crippen LogP contribution in [0.5, 0.6) is 0 Å². The fourth-order valence-corrected chi connectivity index (χ4v) is 1.41. The molecule has 0 saturated heterocycles. The first kappa shape index (κ1) is 8.99. The minimum Gasteiger partial charge on any atom is -0.351 e. The van der Waals surface area contributed by atoms with Gasteiger partial charge in [-0.2, -0.15) is 0 Å². The monoisotopic (exact) mass is 185 g/mol. The smallest absolute Gasteiger partial charge is 0.314 e. The highest BCUT2D eigenvalue weighted by Crippen LogP contribution is 2.09. The van der Waals surface area contributed by atoms with E-state index in [1.165, 1.54) is 4.90 Å². The van der Waals surface area contributed by atoms with E-state index in [9.17, 15) is 4.79 Å². The summed E-state index contributed by atoms with van der Waals surface area (Å²) in [5.41, 5.74) is 5.94. The molecule has 1 aromatic rings. The summed E-state index contributed by atoms with van der Waals surface area (Å²) in [6, 6.07) is -0.430. The van der Waals surface area contributed by atoms with E-state index < -0.39 is 6.03 Å². The number of carbonyl (C=O) groups excluding carboxylic acids is 1. The van der Waals surface area contributed by atoms with Crippen molar-refractivity contribution in [2.75, 3.05) is 7.05 Å². The summed E-state index contributed by atoms with van der Waals surface area (Å²) in [5, 5.41) is 2.93. The molecule has 0 aliphatic rings. The van der Waals surface area contributed by atoms with Gasteiger partial charge in [0.15, 0.2) is 0 Å². The number of hydrogen-bond acceptors (Lipinski definition) is 3. The first-order valence-electron chi connectivity index (χ1n) is 3.51. The third-order valence-electron chi connectivity index (χ3n) is 1.44. The van der Waals surface area contributed by atoms with Crippen LogP contribution in [0.25, 0.3) is 0 Å². The predicted molar refractivity (Wildman–Crippen MR) is 47.9 cm³/mol. The lowest BCUT2D eigenvalue weighted by molar-refractivity contribution is 0.216. The third-order valence-corrected chi connectivity index (χ3v) is 2.26. The van der Waals surface area contributed by atoms with Crippen LogP contribution in [0.3, 0.4) is 0 Å². The number of nitrogens with two attached hydrogens (primary N) is 1. The average Bonchev–Trinajstić information content (AvgIpc) is 2.35. The SMILES string of the molecule is Cc1nc(CN(C)C(N)=O)cs1. The Kier molecular flexibility index (Phi) is 2.65. The maximum absolute atomic E-state index is 10.6. The molecule has 0 saturated carbocycles. The van der Waals surface area contributed by atoms with E-state index in [0.29, 0.717) is 6.54 Å². The number of rotatable bonds is 2. The van der Waals surface area contributed by atoms with Gasteiger partial charge >= 0.3 is 6.03 Å². The molecule has 0 aliphatic heterocycles. The van der Waals surface area contributed by atoms with E-state index in [4.69, 9.17) is 5.73 Å². The van der Waals surface area contributed by atoms with Gasteiger partial charge in [-0.3, -0.25) is 0 Å². The van der Waals surface area contributed by atoms with Crippen molar-refractivity contribution in [2.45, 2.75) is 13.5 Å². The largest absolute Gasteiger partial charge is 0.351 e. The minimum absolute atomic E-state index is 0.430. The molecule has 1 aromatic heterocycles. The van der Waals surface area contributed by atoms with Crippen LogP contribution in [0.2, 0.25) is 0 Å². The second-order valence-electron chi connectivity index (χ2n) is 2.55. The Labute approximate surface area is 75.0 Å². The number of primary amides is 1. The molecule has 66 valence electrons. The fraction of sp³-hybridized carbons (Fsp3) is 0.429. The first-order valence-corrected chi connectivity index (χ1v) is 4.39. The van der Waals surface area contributed by atoms with Crippen LogP contribution >= 0.6 is 11.3 Å². The third kappa shape index (κ3) is 2.20. The fourth-order valence-electron chi connectivity index (χ4n) is 0.802. The summed E-state index contributed by atoms with van der Waals surface area (Å²) in [5.74, 6) is 0. The summed E-state index contributed by atoms with van der Waals surface area (Å²) in [4.78, 5) is 16.3. The number of urea groups is 1. The maximum Gasteiger partial charge on any atom is 0.314 e. The molecule has 2 amide bonds. The molecule has 0 spiro atoms. The standard InChI is InChI=1S/C7H11N3OS/c1-5-9-6(4-12-5)3-10(2)7(8)11/h4H,3H2,1-2H3,(H2,8,11). The molecule has 1 heterocycles. The molecule has 0 unspecified atom stereocenters. The number of amides is 2. The number of aromatic nitrogens is 1. The van der Waals surface area contributed by atoms with Crippen LogP contribution in [-0.2, 0) is 6.54 Å². The van der Waals surface area contributed by atoms with Crippen LogP contribution in [0.1, 0.15) is 10.7 Å². The Balaban J connectivity index is 2.58. The lowest BCUT2D eigenvalue weighted by Crippen LogP contribution is -2.31. The van der Waals surface area contributed by atoms with Crippen molar-refractivity contribution in [3.63, 3.8) is 0 Å². The van der Waals surface area contributed by atoms with E-state index in [-0.39, 0.29) is 0 Å². The van der Waals surface area contributed by atoms with Gasteiger partial charge in [0.1, 0.15) is 0 Å². The van der Waals surface area contributed by atoms with Crippen molar-refractivity contribution in [3.8, 4) is 0 Å². The Bertz CT molecular complexity index is 284. The van der Waals surface area contributed by atoms with Crippen molar-refractivity contribution in [1.29, 1.82) is 0 Å². The molecule has 4 nitrogen and oxygen atoms in total. The van der Waals surface area contributed by atoms with E-state index in [0.717, 1.165) is 10.7 Å². The lowest BCUT2D eigenvalue weighted by atomic mass is 10.4. The van der Waals surface area contributed by atoms with Crippen LogP contribution in [0.15, 0.2) is 5.38 Å². The van der Waals surface area contributed by atoms with Gasteiger partial charge < -0.3 is 10.6 Å². The lowest BCUT2D eigenvalue weighted by Gasteiger charge is -2.11. The van der Waals surface area contributed by atoms with Crippen LogP contribution in [0.4, 0.5) is 4.79 Å². The van der Waals surface area contributed by atoms with Crippen molar-refractivity contribution in [2.24, 2.45) is 5.73 Å². The summed E-state index contributed by atoms with van der Waals surface area (Å²) in [6.45, 7) is 2.41. The number of hydrogen-bond donors (Lipinski definition) is 1. The number of carbonyl (C=O) groups is 1. The quantitative estimate of drug-likeness (QED) is 0.746. The highest BCUT2D eigenvalue weighted by Gasteiger charge is 2.05. The van der Waals surface area contributed by atoms with Crippen molar-refractivity contribution in [1.82, 2.24) is 9.88 Å². The van der Waals surface area contributed by atoms with Crippen molar-refractivity contribution >= 4 is 17.4 Å². The summed E-state index contributed by atoms with van der Waals surface area (Å²) in [6.07, 6.45) is 0. The van der Waals surface area contributed by atoms with Gasteiger partial charge in [0.25, 0.3) is 0 Å². The maximum atomic E-state index is 10.6. The van der Waals surface area contributed by atoms with Gasteiger partial charge in [0.2, 0.25) is 0 Å². The van der Waals surface area contributed by atoms with E-state index >= 15 is 0 Å². The van der Waals surface area contributed by atoms with Crippen molar-refractivity contribution < 1.29 is 4.79 Å². The molecule has 12 heavy (non-hydrogen) atoms. The van der Waals surface area contributed by atoms with Gasteiger partial charge in [0, 0.05) is 12.4 Å². The predicted octanol–water partition coefficient (Wildman–Crippen LogP) is 0.962. The normalized spacial score (nSPS) is 9.83. The number of nitrogens with zero attached hydrogens (tertiary/aromatic N) is 2. The molecule has 5 heteroatoms. The molecule has 0 radical (unpaired) electrons. The van der Waals surface area contributed by atoms with Gasteiger partial charge in [-0.1, -0.05) is 0 Å².